The fourth-order valence-corrected chi connectivity index (χ4v) is 1.94. The molecule has 1 N–H and O–H groups in total. The standard InChI is InChI=1S/C13H18N4O/c1-3-10(4-2)14-13(18)9-17-12-8-6-5-7-11(12)15-16-17/h5-8,10H,3-4,9H2,1-2H3,(H,14,18). The molecule has 5 heteroatoms. The summed E-state index contributed by atoms with van der Waals surface area (Å²) in [5.41, 5.74) is 1.70. The van der Waals surface area contributed by atoms with Crippen LogP contribution in [0.1, 0.15) is 26.7 Å². The zero-order valence-electron chi connectivity index (χ0n) is 10.8. The molecule has 1 aromatic carbocycles. The molecule has 0 bridgehead atoms. The number of nitrogens with one attached hydrogen (secondary N) is 1. The molecule has 96 valence electrons. The Kier molecular flexibility index (Phi) is 3.92. The van der Waals surface area contributed by atoms with Crippen molar-refractivity contribution in [2.24, 2.45) is 0 Å². The zero-order chi connectivity index (χ0) is 13.0. The van der Waals surface area contributed by atoms with E-state index < -0.39 is 0 Å². The molecule has 0 saturated carbocycles. The number of carbonyl (C=O) groups excluding carboxylic acids is 1. The van der Waals surface area contributed by atoms with E-state index in [1.54, 1.807) is 4.68 Å². The van der Waals surface area contributed by atoms with E-state index in [2.05, 4.69) is 29.5 Å². The molecule has 5 nitrogen and oxygen atoms in total. The number of amides is 1. The fraction of sp³-hybridized carbons (Fsp3) is 0.462. The molecule has 0 fully saturated rings. The Bertz CT molecular complexity index is 531. The molecular weight excluding hydrogens is 228 g/mol. The van der Waals surface area contributed by atoms with E-state index in [-0.39, 0.29) is 18.5 Å². The third-order valence-electron chi connectivity index (χ3n) is 3.06. The molecule has 0 atom stereocenters. The van der Waals surface area contributed by atoms with Gasteiger partial charge in [-0.3, -0.25) is 4.79 Å². The lowest BCUT2D eigenvalue weighted by atomic mass is 10.2. The summed E-state index contributed by atoms with van der Waals surface area (Å²) in [4.78, 5) is 11.9. The van der Waals surface area contributed by atoms with Crippen LogP contribution in [0, 0.1) is 0 Å². The summed E-state index contributed by atoms with van der Waals surface area (Å²) >= 11 is 0. The van der Waals surface area contributed by atoms with E-state index in [0.29, 0.717) is 0 Å². The van der Waals surface area contributed by atoms with Crippen LogP contribution in [-0.4, -0.2) is 26.9 Å². The lowest BCUT2D eigenvalue weighted by Gasteiger charge is -2.14. The number of carbonyl (C=O) groups is 1. The summed E-state index contributed by atoms with van der Waals surface area (Å²) in [5.74, 6) is -0.0145. The van der Waals surface area contributed by atoms with Crippen molar-refractivity contribution >= 4 is 16.9 Å². The fourth-order valence-electron chi connectivity index (χ4n) is 1.94. The van der Waals surface area contributed by atoms with Gasteiger partial charge in [-0.15, -0.1) is 5.10 Å². The SMILES string of the molecule is CCC(CC)NC(=O)Cn1nnc2ccccc21. The monoisotopic (exact) mass is 246 g/mol. The Morgan fingerprint density at radius 3 is 2.78 bits per heavy atom. The van der Waals surface area contributed by atoms with Crippen molar-refractivity contribution in [1.82, 2.24) is 20.3 Å². The highest BCUT2D eigenvalue weighted by molar-refractivity contribution is 5.79. The molecule has 1 aromatic heterocycles. The first-order valence-electron chi connectivity index (χ1n) is 6.32. The van der Waals surface area contributed by atoms with E-state index in [1.807, 2.05) is 24.3 Å². The molecule has 0 aliphatic carbocycles. The number of para-hydroxylation sites is 1. The average molecular weight is 246 g/mol. The minimum atomic E-state index is -0.0145. The molecule has 2 rings (SSSR count). The molecule has 1 amide bonds. The van der Waals surface area contributed by atoms with Gasteiger partial charge >= 0.3 is 0 Å². The van der Waals surface area contributed by atoms with Crippen molar-refractivity contribution < 1.29 is 4.79 Å². The van der Waals surface area contributed by atoms with E-state index in [1.165, 1.54) is 0 Å². The summed E-state index contributed by atoms with van der Waals surface area (Å²) in [6, 6.07) is 7.87. The second kappa shape index (κ2) is 5.62. The van der Waals surface area contributed by atoms with Crippen LogP contribution in [0.2, 0.25) is 0 Å². The second-order valence-corrected chi connectivity index (χ2v) is 4.32. The average Bonchev–Trinajstić information content (AvgIpc) is 2.79. The molecule has 0 spiro atoms. The van der Waals surface area contributed by atoms with Crippen LogP contribution in [0.25, 0.3) is 11.0 Å². The van der Waals surface area contributed by atoms with Crippen LogP contribution >= 0.6 is 0 Å². The number of hydrogen-bond donors (Lipinski definition) is 1. The summed E-state index contributed by atoms with van der Waals surface area (Å²) in [7, 11) is 0. The Morgan fingerprint density at radius 1 is 1.33 bits per heavy atom. The maximum atomic E-state index is 11.9. The van der Waals surface area contributed by atoms with Crippen molar-refractivity contribution in [1.29, 1.82) is 0 Å². The molecule has 18 heavy (non-hydrogen) atoms. The van der Waals surface area contributed by atoms with Gasteiger partial charge < -0.3 is 5.32 Å². The van der Waals surface area contributed by atoms with Crippen LogP contribution < -0.4 is 5.32 Å². The maximum Gasteiger partial charge on any atom is 0.242 e. The van der Waals surface area contributed by atoms with E-state index in [4.69, 9.17) is 0 Å². The topological polar surface area (TPSA) is 59.8 Å². The lowest BCUT2D eigenvalue weighted by molar-refractivity contribution is -0.122. The predicted octanol–water partition coefficient (Wildman–Crippen LogP) is 1.74. The largest absolute Gasteiger partial charge is 0.352 e. The minimum absolute atomic E-state index is 0.0145. The first-order valence-corrected chi connectivity index (χ1v) is 6.32. The maximum absolute atomic E-state index is 11.9. The second-order valence-electron chi connectivity index (χ2n) is 4.32. The molecule has 0 radical (unpaired) electrons. The van der Waals surface area contributed by atoms with Crippen LogP contribution in [0.15, 0.2) is 24.3 Å². The highest BCUT2D eigenvalue weighted by Gasteiger charge is 2.11. The quantitative estimate of drug-likeness (QED) is 0.874. The van der Waals surface area contributed by atoms with E-state index in [0.717, 1.165) is 23.9 Å². The number of benzene rings is 1. The Balaban J connectivity index is 2.07. The van der Waals surface area contributed by atoms with Gasteiger partial charge in [-0.2, -0.15) is 0 Å². The lowest BCUT2D eigenvalue weighted by Crippen LogP contribution is -2.36. The molecular formula is C13H18N4O. The third-order valence-corrected chi connectivity index (χ3v) is 3.06. The third kappa shape index (κ3) is 2.67. The highest BCUT2D eigenvalue weighted by Crippen LogP contribution is 2.09. The highest BCUT2D eigenvalue weighted by atomic mass is 16.2. The first-order chi connectivity index (χ1) is 8.74. The number of hydrogen-bond acceptors (Lipinski definition) is 3. The van der Waals surface area contributed by atoms with Gasteiger partial charge in [0, 0.05) is 6.04 Å². The van der Waals surface area contributed by atoms with Crippen LogP contribution in [0.4, 0.5) is 0 Å². The number of aromatic nitrogens is 3. The molecule has 0 unspecified atom stereocenters. The summed E-state index contributed by atoms with van der Waals surface area (Å²) in [6.07, 6.45) is 1.89. The van der Waals surface area contributed by atoms with Gasteiger partial charge in [0.25, 0.3) is 0 Å². The van der Waals surface area contributed by atoms with Crippen molar-refractivity contribution in [3.8, 4) is 0 Å². The van der Waals surface area contributed by atoms with Gasteiger partial charge in [-0.05, 0) is 25.0 Å². The van der Waals surface area contributed by atoms with E-state index >= 15 is 0 Å². The molecule has 2 aromatic rings. The number of rotatable bonds is 5. The van der Waals surface area contributed by atoms with Crippen LogP contribution in [0.5, 0.6) is 0 Å². The van der Waals surface area contributed by atoms with Crippen molar-refractivity contribution in [3.05, 3.63) is 24.3 Å². The smallest absolute Gasteiger partial charge is 0.242 e. The van der Waals surface area contributed by atoms with Crippen molar-refractivity contribution in [2.75, 3.05) is 0 Å². The molecule has 1 heterocycles. The Morgan fingerprint density at radius 2 is 2.06 bits per heavy atom. The normalized spacial score (nSPS) is 11.1. The molecule has 0 aliphatic rings. The molecule has 0 aliphatic heterocycles. The van der Waals surface area contributed by atoms with Crippen molar-refractivity contribution in [2.45, 2.75) is 39.3 Å². The van der Waals surface area contributed by atoms with Gasteiger partial charge in [-0.25, -0.2) is 4.68 Å². The first kappa shape index (κ1) is 12.5. The van der Waals surface area contributed by atoms with Gasteiger partial charge in [-0.1, -0.05) is 31.2 Å². The van der Waals surface area contributed by atoms with Crippen LogP contribution in [0.3, 0.4) is 0 Å². The molecule has 0 saturated heterocycles. The van der Waals surface area contributed by atoms with Gasteiger partial charge in [0.15, 0.2) is 0 Å². The summed E-state index contributed by atoms with van der Waals surface area (Å²) in [6.45, 7) is 4.36. The Labute approximate surface area is 106 Å². The minimum Gasteiger partial charge on any atom is -0.352 e. The van der Waals surface area contributed by atoms with Gasteiger partial charge in [0.1, 0.15) is 12.1 Å². The van der Waals surface area contributed by atoms with Gasteiger partial charge in [0.2, 0.25) is 5.91 Å². The summed E-state index contributed by atoms with van der Waals surface area (Å²) < 4.78 is 1.63. The zero-order valence-corrected chi connectivity index (χ0v) is 10.8. The Hall–Kier alpha value is -1.91. The summed E-state index contributed by atoms with van der Waals surface area (Å²) in [5, 5.41) is 11.0. The predicted molar refractivity (Wildman–Crippen MR) is 70.0 cm³/mol. The van der Waals surface area contributed by atoms with Crippen LogP contribution in [-0.2, 0) is 11.3 Å². The number of fused-ring (bicyclic) bond motifs is 1. The van der Waals surface area contributed by atoms with Gasteiger partial charge in [0.05, 0.1) is 5.52 Å². The van der Waals surface area contributed by atoms with E-state index in [9.17, 15) is 4.79 Å². The van der Waals surface area contributed by atoms with Crippen molar-refractivity contribution in [3.63, 3.8) is 0 Å². The number of nitrogens with zero attached hydrogens (tertiary/aromatic N) is 3.